The van der Waals surface area contributed by atoms with Crippen molar-refractivity contribution in [2.75, 3.05) is 20.6 Å². The molecule has 0 atom stereocenters. The lowest BCUT2D eigenvalue weighted by molar-refractivity contribution is -0.123. The molecule has 0 bridgehead atoms. The van der Waals surface area contributed by atoms with E-state index in [1.54, 1.807) is 0 Å². The molecule has 0 heterocycles. The third-order valence-corrected chi connectivity index (χ3v) is 2.66. The van der Waals surface area contributed by atoms with Crippen LogP contribution in [0.4, 0.5) is 0 Å². The van der Waals surface area contributed by atoms with E-state index in [1.807, 2.05) is 19.0 Å². The zero-order valence-electron chi connectivity index (χ0n) is 9.34. The van der Waals surface area contributed by atoms with Gasteiger partial charge < -0.3 is 10.2 Å². The Morgan fingerprint density at radius 3 is 2.50 bits per heavy atom. The standard InChI is InChI=1S/C11H20N2O/c1-8(2)9-5-10(6-9)12-11(14)7-13(3)4/h9-10H,1,5-7H2,2-4H3,(H,12,14). The number of carbonyl (C=O) groups excluding carboxylic acids is 1. The van der Waals surface area contributed by atoms with Gasteiger partial charge in [0, 0.05) is 6.04 Å². The van der Waals surface area contributed by atoms with Gasteiger partial charge in [-0.2, -0.15) is 0 Å². The number of allylic oxidation sites excluding steroid dienone is 1. The molecule has 0 aromatic heterocycles. The fraction of sp³-hybridized carbons (Fsp3) is 0.727. The number of nitrogens with zero attached hydrogens (tertiary/aromatic N) is 1. The summed E-state index contributed by atoms with van der Waals surface area (Å²) in [6, 6.07) is 0.379. The van der Waals surface area contributed by atoms with Crippen molar-refractivity contribution in [3.63, 3.8) is 0 Å². The van der Waals surface area contributed by atoms with Crippen molar-refractivity contribution in [2.24, 2.45) is 5.92 Å². The maximum Gasteiger partial charge on any atom is 0.234 e. The Morgan fingerprint density at radius 1 is 1.50 bits per heavy atom. The van der Waals surface area contributed by atoms with Gasteiger partial charge in [0.25, 0.3) is 0 Å². The molecule has 0 radical (unpaired) electrons. The second kappa shape index (κ2) is 4.60. The van der Waals surface area contributed by atoms with Crippen LogP contribution in [0.5, 0.6) is 0 Å². The molecule has 1 N–H and O–H groups in total. The first-order valence-electron chi connectivity index (χ1n) is 5.08. The first-order chi connectivity index (χ1) is 6.49. The summed E-state index contributed by atoms with van der Waals surface area (Å²) in [6.07, 6.45) is 2.13. The number of nitrogens with one attached hydrogen (secondary N) is 1. The van der Waals surface area contributed by atoms with Gasteiger partial charge in [-0.25, -0.2) is 0 Å². The monoisotopic (exact) mass is 196 g/mol. The molecule has 0 saturated heterocycles. The van der Waals surface area contributed by atoms with Crippen LogP contribution in [-0.4, -0.2) is 37.5 Å². The fourth-order valence-corrected chi connectivity index (χ4v) is 1.70. The van der Waals surface area contributed by atoms with E-state index in [9.17, 15) is 4.79 Å². The summed E-state index contributed by atoms with van der Waals surface area (Å²) in [5, 5.41) is 3.01. The van der Waals surface area contributed by atoms with E-state index in [0.29, 0.717) is 18.5 Å². The molecular formula is C11H20N2O. The van der Waals surface area contributed by atoms with E-state index < -0.39 is 0 Å². The number of hydrogen-bond acceptors (Lipinski definition) is 2. The highest BCUT2D eigenvalue weighted by Crippen LogP contribution is 2.32. The van der Waals surface area contributed by atoms with Crippen LogP contribution in [0.1, 0.15) is 19.8 Å². The minimum atomic E-state index is 0.125. The average Bonchev–Trinajstić information content (AvgIpc) is 1.93. The highest BCUT2D eigenvalue weighted by Gasteiger charge is 2.30. The summed E-state index contributed by atoms with van der Waals surface area (Å²) in [4.78, 5) is 13.2. The van der Waals surface area contributed by atoms with E-state index in [-0.39, 0.29) is 5.91 Å². The maximum absolute atomic E-state index is 11.4. The summed E-state index contributed by atoms with van der Waals surface area (Å²) in [6.45, 7) is 6.46. The van der Waals surface area contributed by atoms with Crippen molar-refractivity contribution in [3.8, 4) is 0 Å². The summed E-state index contributed by atoms with van der Waals surface area (Å²) >= 11 is 0. The predicted octanol–water partition coefficient (Wildman–Crippen LogP) is 1.02. The molecule has 0 aromatic rings. The van der Waals surface area contributed by atoms with Gasteiger partial charge in [-0.05, 0) is 39.8 Å². The summed E-state index contributed by atoms with van der Waals surface area (Å²) < 4.78 is 0. The molecule has 0 aromatic carbocycles. The van der Waals surface area contributed by atoms with Gasteiger partial charge in [0.1, 0.15) is 0 Å². The van der Waals surface area contributed by atoms with Crippen LogP contribution in [0, 0.1) is 5.92 Å². The zero-order valence-corrected chi connectivity index (χ0v) is 9.34. The molecule has 1 aliphatic rings. The fourth-order valence-electron chi connectivity index (χ4n) is 1.70. The van der Waals surface area contributed by atoms with Crippen molar-refractivity contribution in [1.29, 1.82) is 0 Å². The van der Waals surface area contributed by atoms with Gasteiger partial charge in [-0.1, -0.05) is 12.2 Å². The number of carbonyl (C=O) groups is 1. The Bertz CT molecular complexity index is 229. The van der Waals surface area contributed by atoms with E-state index >= 15 is 0 Å². The number of amides is 1. The third kappa shape index (κ3) is 3.14. The van der Waals surface area contributed by atoms with Crippen LogP contribution < -0.4 is 5.32 Å². The van der Waals surface area contributed by atoms with Gasteiger partial charge in [-0.3, -0.25) is 4.79 Å². The molecule has 80 valence electrons. The Morgan fingerprint density at radius 2 is 2.07 bits per heavy atom. The van der Waals surface area contributed by atoms with Gasteiger partial charge in [0.2, 0.25) is 5.91 Å². The largest absolute Gasteiger partial charge is 0.352 e. The van der Waals surface area contributed by atoms with Crippen LogP contribution >= 0.6 is 0 Å². The van der Waals surface area contributed by atoms with E-state index in [1.165, 1.54) is 5.57 Å². The molecule has 0 aliphatic heterocycles. The molecule has 14 heavy (non-hydrogen) atoms. The average molecular weight is 196 g/mol. The zero-order chi connectivity index (χ0) is 10.7. The van der Waals surface area contributed by atoms with Crippen LogP contribution in [-0.2, 0) is 4.79 Å². The van der Waals surface area contributed by atoms with E-state index in [4.69, 9.17) is 0 Å². The van der Waals surface area contributed by atoms with E-state index in [0.717, 1.165) is 12.8 Å². The minimum Gasteiger partial charge on any atom is -0.352 e. The molecule has 0 unspecified atom stereocenters. The predicted molar refractivity (Wildman–Crippen MR) is 58.0 cm³/mol. The highest BCUT2D eigenvalue weighted by molar-refractivity contribution is 5.78. The quantitative estimate of drug-likeness (QED) is 0.681. The maximum atomic E-state index is 11.4. The highest BCUT2D eigenvalue weighted by atomic mass is 16.2. The number of hydrogen-bond donors (Lipinski definition) is 1. The lowest BCUT2D eigenvalue weighted by Gasteiger charge is -2.36. The van der Waals surface area contributed by atoms with Crippen LogP contribution in [0.25, 0.3) is 0 Å². The first kappa shape index (κ1) is 11.2. The van der Waals surface area contributed by atoms with Crippen molar-refractivity contribution in [3.05, 3.63) is 12.2 Å². The van der Waals surface area contributed by atoms with Gasteiger partial charge in [0.05, 0.1) is 6.54 Å². The molecule has 1 saturated carbocycles. The van der Waals surface area contributed by atoms with E-state index in [2.05, 4.69) is 18.8 Å². The van der Waals surface area contributed by atoms with Crippen molar-refractivity contribution < 1.29 is 4.79 Å². The van der Waals surface area contributed by atoms with Crippen LogP contribution in [0.15, 0.2) is 12.2 Å². The molecular weight excluding hydrogens is 176 g/mol. The summed E-state index contributed by atoms with van der Waals surface area (Å²) in [5.41, 5.74) is 1.24. The number of likely N-dealkylation sites (N-methyl/N-ethyl adjacent to an activating group) is 1. The minimum absolute atomic E-state index is 0.125. The van der Waals surface area contributed by atoms with Crippen LogP contribution in [0.2, 0.25) is 0 Å². The lowest BCUT2D eigenvalue weighted by atomic mass is 9.76. The Hall–Kier alpha value is -0.830. The number of rotatable bonds is 4. The van der Waals surface area contributed by atoms with Crippen molar-refractivity contribution >= 4 is 5.91 Å². The molecule has 0 spiro atoms. The Kier molecular flexibility index (Phi) is 3.69. The molecule has 1 rings (SSSR count). The molecule has 3 heteroatoms. The molecule has 3 nitrogen and oxygen atoms in total. The van der Waals surface area contributed by atoms with Gasteiger partial charge in [0.15, 0.2) is 0 Å². The lowest BCUT2D eigenvalue weighted by Crippen LogP contribution is -2.47. The van der Waals surface area contributed by atoms with Gasteiger partial charge >= 0.3 is 0 Å². The van der Waals surface area contributed by atoms with Crippen molar-refractivity contribution in [2.45, 2.75) is 25.8 Å². The topological polar surface area (TPSA) is 32.3 Å². The summed E-state index contributed by atoms with van der Waals surface area (Å²) in [7, 11) is 3.80. The SMILES string of the molecule is C=C(C)C1CC(NC(=O)CN(C)C)C1. The third-order valence-electron chi connectivity index (χ3n) is 2.66. The Balaban J connectivity index is 2.16. The normalized spacial score (nSPS) is 25.7. The first-order valence-corrected chi connectivity index (χ1v) is 5.08. The van der Waals surface area contributed by atoms with Crippen LogP contribution in [0.3, 0.4) is 0 Å². The molecule has 1 fully saturated rings. The van der Waals surface area contributed by atoms with Crippen molar-refractivity contribution in [1.82, 2.24) is 10.2 Å². The Labute approximate surface area is 86.2 Å². The van der Waals surface area contributed by atoms with Gasteiger partial charge in [-0.15, -0.1) is 0 Å². The molecule has 1 amide bonds. The second-order valence-electron chi connectivity index (χ2n) is 4.52. The second-order valence-corrected chi connectivity index (χ2v) is 4.52. The molecule has 1 aliphatic carbocycles. The smallest absolute Gasteiger partial charge is 0.234 e. The summed E-state index contributed by atoms with van der Waals surface area (Å²) in [5.74, 6) is 0.750.